The molecular weight excluding hydrogens is 605 g/mol. The molecule has 0 amide bonds. The standard InChI is InChI=1S/C30H39Cl2NO10/c1-16-19(28(38)42-27-25(37)24(36)21(14-34)41-29(27)39-5)13-20(31)26(23(16)32)40-15-17-8-6-9-18(12-17)33-11-7-10-22(35)43-30(2,3)4/h6,8-9,12-13,21,24-25,27,29,33-34,36-37H,7,10-11,14-15H2,1-5H3/t21-,24-,25+,27-,29+/m1/s1. The molecule has 1 heterocycles. The van der Waals surface area contributed by atoms with Gasteiger partial charge >= 0.3 is 11.9 Å². The van der Waals surface area contributed by atoms with Crippen molar-refractivity contribution in [3.8, 4) is 5.75 Å². The topological polar surface area (TPSA) is 153 Å². The second-order valence-electron chi connectivity index (χ2n) is 11.1. The first-order chi connectivity index (χ1) is 20.2. The van der Waals surface area contributed by atoms with E-state index in [0.717, 1.165) is 11.3 Å². The lowest BCUT2D eigenvalue weighted by Gasteiger charge is -2.40. The number of hydrogen-bond acceptors (Lipinski definition) is 11. The van der Waals surface area contributed by atoms with Crippen molar-refractivity contribution in [2.45, 2.75) is 83.5 Å². The second-order valence-corrected chi connectivity index (χ2v) is 11.9. The number of benzene rings is 2. The monoisotopic (exact) mass is 643 g/mol. The number of aliphatic hydroxyl groups is 3. The molecule has 3 rings (SSSR count). The minimum absolute atomic E-state index is 0.0146. The molecule has 0 bridgehead atoms. The number of rotatable bonds is 12. The normalized spacial score (nSPS) is 22.1. The molecule has 4 N–H and O–H groups in total. The third-order valence-corrected chi connectivity index (χ3v) is 7.29. The molecule has 1 aliphatic rings. The maximum absolute atomic E-state index is 13.1. The Labute approximate surface area is 260 Å². The summed E-state index contributed by atoms with van der Waals surface area (Å²) in [5, 5.41) is 33.5. The van der Waals surface area contributed by atoms with Crippen LogP contribution in [0.5, 0.6) is 5.75 Å². The number of aliphatic hydroxyl groups excluding tert-OH is 3. The van der Waals surface area contributed by atoms with Gasteiger partial charge in [-0.1, -0.05) is 35.3 Å². The summed E-state index contributed by atoms with van der Waals surface area (Å²) >= 11 is 13.0. The first kappa shape index (κ1) is 34.8. The number of nitrogens with one attached hydrogen (secondary N) is 1. The molecule has 0 aromatic heterocycles. The Morgan fingerprint density at radius 2 is 1.84 bits per heavy atom. The smallest absolute Gasteiger partial charge is 0.339 e. The SMILES string of the molecule is CO[C@H]1O[C@H](CO)[C@@H](O)[C@H](O)[C@H]1OC(=O)c1cc(Cl)c(OCc2cccc(NCCCC(=O)OC(C)(C)C)c2)c(Cl)c1C. The van der Waals surface area contributed by atoms with Gasteiger partial charge in [0.15, 0.2) is 18.1 Å². The fourth-order valence-electron chi connectivity index (χ4n) is 4.38. The van der Waals surface area contributed by atoms with Crippen molar-refractivity contribution in [3.63, 3.8) is 0 Å². The molecule has 0 radical (unpaired) electrons. The summed E-state index contributed by atoms with van der Waals surface area (Å²) in [5.41, 5.74) is 1.49. The zero-order chi connectivity index (χ0) is 31.9. The molecule has 43 heavy (non-hydrogen) atoms. The third-order valence-electron chi connectivity index (χ3n) is 6.56. The highest BCUT2D eigenvalue weighted by atomic mass is 35.5. The van der Waals surface area contributed by atoms with Gasteiger partial charge in [-0.05, 0) is 63.4 Å². The number of carbonyl (C=O) groups excluding carboxylic acids is 2. The van der Waals surface area contributed by atoms with E-state index in [1.807, 2.05) is 45.0 Å². The van der Waals surface area contributed by atoms with Crippen molar-refractivity contribution in [2.75, 3.05) is 25.6 Å². The second kappa shape index (κ2) is 15.4. The van der Waals surface area contributed by atoms with Crippen LogP contribution in [-0.4, -0.2) is 83.8 Å². The van der Waals surface area contributed by atoms with Gasteiger partial charge in [0.05, 0.1) is 22.2 Å². The van der Waals surface area contributed by atoms with Gasteiger partial charge in [-0.3, -0.25) is 4.79 Å². The molecule has 238 valence electrons. The van der Waals surface area contributed by atoms with E-state index in [1.165, 1.54) is 13.2 Å². The van der Waals surface area contributed by atoms with Crippen LogP contribution in [0.2, 0.25) is 10.0 Å². The van der Waals surface area contributed by atoms with E-state index in [4.69, 9.17) is 46.9 Å². The van der Waals surface area contributed by atoms with E-state index in [-0.39, 0.29) is 33.9 Å². The van der Waals surface area contributed by atoms with E-state index < -0.39 is 48.9 Å². The Bertz CT molecular complexity index is 1270. The number of halogens is 2. The van der Waals surface area contributed by atoms with Crippen molar-refractivity contribution in [1.82, 2.24) is 0 Å². The third kappa shape index (κ3) is 9.42. The number of hydrogen-bond donors (Lipinski definition) is 4. The quantitative estimate of drug-likeness (QED) is 0.196. The number of ether oxygens (including phenoxy) is 5. The molecule has 0 saturated carbocycles. The van der Waals surface area contributed by atoms with E-state index in [1.54, 1.807) is 6.92 Å². The maximum atomic E-state index is 13.1. The molecule has 11 nitrogen and oxygen atoms in total. The molecule has 0 aliphatic carbocycles. The molecule has 1 saturated heterocycles. The number of esters is 2. The van der Waals surface area contributed by atoms with Crippen LogP contribution in [0, 0.1) is 6.92 Å². The van der Waals surface area contributed by atoms with E-state index in [2.05, 4.69) is 5.32 Å². The Morgan fingerprint density at radius 1 is 1.12 bits per heavy atom. The minimum atomic E-state index is -1.58. The van der Waals surface area contributed by atoms with Crippen LogP contribution in [0.4, 0.5) is 5.69 Å². The molecule has 2 aromatic rings. The summed E-state index contributed by atoms with van der Waals surface area (Å²) in [6.07, 6.45) is -5.91. The van der Waals surface area contributed by atoms with Gasteiger partial charge in [-0.15, -0.1) is 0 Å². The van der Waals surface area contributed by atoms with Gasteiger partial charge in [0.25, 0.3) is 0 Å². The Kier molecular flexibility index (Phi) is 12.5. The van der Waals surface area contributed by atoms with Crippen LogP contribution in [0.25, 0.3) is 0 Å². The summed E-state index contributed by atoms with van der Waals surface area (Å²) in [6.45, 7) is 7.22. The molecule has 5 atom stereocenters. The zero-order valence-electron chi connectivity index (χ0n) is 24.8. The van der Waals surface area contributed by atoms with Crippen molar-refractivity contribution in [2.24, 2.45) is 0 Å². The Hall–Kier alpha value is -2.64. The highest BCUT2D eigenvalue weighted by Gasteiger charge is 2.47. The van der Waals surface area contributed by atoms with Crippen molar-refractivity contribution in [1.29, 1.82) is 0 Å². The molecule has 0 unspecified atom stereocenters. The molecule has 0 spiro atoms. The van der Waals surface area contributed by atoms with E-state index in [9.17, 15) is 24.9 Å². The van der Waals surface area contributed by atoms with E-state index >= 15 is 0 Å². The van der Waals surface area contributed by atoms with Crippen LogP contribution in [0.3, 0.4) is 0 Å². The van der Waals surface area contributed by atoms with E-state index in [0.29, 0.717) is 24.9 Å². The Balaban J connectivity index is 1.62. The average Bonchev–Trinajstić information content (AvgIpc) is 2.95. The van der Waals surface area contributed by atoms with Crippen LogP contribution in [0.1, 0.15) is 55.1 Å². The van der Waals surface area contributed by atoms with Crippen LogP contribution >= 0.6 is 23.2 Å². The lowest BCUT2D eigenvalue weighted by Crippen LogP contribution is -2.60. The highest BCUT2D eigenvalue weighted by molar-refractivity contribution is 6.38. The highest BCUT2D eigenvalue weighted by Crippen LogP contribution is 2.39. The molecule has 1 fully saturated rings. The fourth-order valence-corrected chi connectivity index (χ4v) is 4.95. The maximum Gasteiger partial charge on any atom is 0.339 e. The van der Waals surface area contributed by atoms with Crippen molar-refractivity contribution in [3.05, 3.63) is 57.1 Å². The first-order valence-corrected chi connectivity index (χ1v) is 14.5. The van der Waals surface area contributed by atoms with Gasteiger partial charge in [-0.2, -0.15) is 0 Å². The molecule has 2 aromatic carbocycles. The van der Waals surface area contributed by atoms with Gasteiger partial charge in [0.2, 0.25) is 0 Å². The number of anilines is 1. The van der Waals surface area contributed by atoms with Crippen LogP contribution in [0.15, 0.2) is 30.3 Å². The lowest BCUT2D eigenvalue weighted by molar-refractivity contribution is -0.293. The fraction of sp³-hybridized carbons (Fsp3) is 0.533. The van der Waals surface area contributed by atoms with Crippen molar-refractivity contribution >= 4 is 40.8 Å². The molecule has 13 heteroatoms. The van der Waals surface area contributed by atoms with Gasteiger partial charge in [0, 0.05) is 25.8 Å². The number of methoxy groups -OCH3 is 1. The lowest BCUT2D eigenvalue weighted by atomic mass is 9.99. The largest absolute Gasteiger partial charge is 0.486 e. The summed E-state index contributed by atoms with van der Waals surface area (Å²) in [5.74, 6) is -0.956. The van der Waals surface area contributed by atoms with Crippen LogP contribution < -0.4 is 10.1 Å². The predicted octanol–water partition coefficient (Wildman–Crippen LogP) is 4.03. The van der Waals surface area contributed by atoms with Gasteiger partial charge < -0.3 is 44.3 Å². The number of carbonyl (C=O) groups is 2. The average molecular weight is 645 g/mol. The molecular formula is C30H39Cl2NO10. The Morgan fingerprint density at radius 3 is 2.49 bits per heavy atom. The summed E-state index contributed by atoms with van der Waals surface area (Å²) in [6, 6.07) is 8.86. The zero-order valence-corrected chi connectivity index (χ0v) is 26.3. The minimum Gasteiger partial charge on any atom is -0.486 e. The van der Waals surface area contributed by atoms with Gasteiger partial charge in [-0.25, -0.2) is 4.79 Å². The first-order valence-electron chi connectivity index (χ1n) is 13.8. The summed E-state index contributed by atoms with van der Waals surface area (Å²) in [7, 11) is 1.27. The van der Waals surface area contributed by atoms with Gasteiger partial charge in [0.1, 0.15) is 30.5 Å². The van der Waals surface area contributed by atoms with Crippen LogP contribution in [-0.2, 0) is 30.3 Å². The summed E-state index contributed by atoms with van der Waals surface area (Å²) in [4.78, 5) is 25.0. The van der Waals surface area contributed by atoms with Crippen molar-refractivity contribution < 1.29 is 48.6 Å². The predicted molar refractivity (Wildman–Crippen MR) is 160 cm³/mol. The summed E-state index contributed by atoms with van der Waals surface area (Å²) < 4.78 is 27.2. The molecule has 1 aliphatic heterocycles.